The molecule has 0 bridgehead atoms. The highest BCUT2D eigenvalue weighted by Gasteiger charge is 2.34. The van der Waals surface area contributed by atoms with Crippen molar-refractivity contribution in [2.45, 2.75) is 32.5 Å². The molecule has 1 rings (SSSR count). The largest absolute Gasteiger partial charge is 0.508 e. The minimum atomic E-state index is -1.70. The van der Waals surface area contributed by atoms with Crippen molar-refractivity contribution in [2.75, 3.05) is 0 Å². The number of aliphatic hydroxyl groups is 1. The normalized spacial score (nSPS) is 14.6. The van der Waals surface area contributed by atoms with Gasteiger partial charge in [-0.15, -0.1) is 0 Å². The van der Waals surface area contributed by atoms with Crippen molar-refractivity contribution >= 4 is 5.97 Å². The first-order valence-electron chi connectivity index (χ1n) is 5.07. The van der Waals surface area contributed by atoms with Crippen LogP contribution in [-0.2, 0) is 15.1 Å². The van der Waals surface area contributed by atoms with Crippen molar-refractivity contribution in [1.29, 1.82) is 0 Å². The average molecular weight is 224 g/mol. The van der Waals surface area contributed by atoms with Crippen molar-refractivity contribution < 1.29 is 19.7 Å². The van der Waals surface area contributed by atoms with Gasteiger partial charge in [0.05, 0.1) is 6.10 Å². The van der Waals surface area contributed by atoms with Gasteiger partial charge in [-0.2, -0.15) is 0 Å². The number of hydrogen-bond donors (Lipinski definition) is 2. The topological polar surface area (TPSA) is 66.8 Å². The zero-order valence-corrected chi connectivity index (χ0v) is 9.60. The second-order valence-corrected chi connectivity index (χ2v) is 4.07. The number of benzene rings is 1. The molecule has 0 heterocycles. The summed E-state index contributed by atoms with van der Waals surface area (Å²) in [5.74, 6) is -0.620. The van der Waals surface area contributed by atoms with Crippen LogP contribution < -0.4 is 0 Å². The van der Waals surface area contributed by atoms with E-state index in [4.69, 9.17) is 9.84 Å². The van der Waals surface area contributed by atoms with Crippen molar-refractivity contribution in [3.63, 3.8) is 0 Å². The molecule has 0 radical (unpaired) electrons. The number of carbonyl (C=O) groups is 1. The van der Waals surface area contributed by atoms with Gasteiger partial charge in [-0.1, -0.05) is 12.1 Å². The number of phenolic OH excluding ortho intramolecular Hbond substituents is 1. The highest BCUT2D eigenvalue weighted by atomic mass is 16.6. The van der Waals surface area contributed by atoms with Crippen LogP contribution in [0.2, 0.25) is 0 Å². The third-order valence-electron chi connectivity index (χ3n) is 2.17. The smallest absolute Gasteiger partial charge is 0.342 e. The maximum atomic E-state index is 11.6. The fourth-order valence-corrected chi connectivity index (χ4v) is 1.23. The van der Waals surface area contributed by atoms with Gasteiger partial charge < -0.3 is 14.9 Å². The van der Waals surface area contributed by atoms with E-state index >= 15 is 0 Å². The molecule has 1 aromatic carbocycles. The minimum absolute atomic E-state index is 0.0803. The predicted molar refractivity (Wildman–Crippen MR) is 58.9 cm³/mol. The lowest BCUT2D eigenvalue weighted by Gasteiger charge is -2.23. The molecule has 1 unspecified atom stereocenters. The van der Waals surface area contributed by atoms with E-state index in [1.54, 1.807) is 13.8 Å². The molecule has 0 amide bonds. The van der Waals surface area contributed by atoms with Gasteiger partial charge in [0, 0.05) is 0 Å². The molecule has 0 fully saturated rings. The Bertz CT molecular complexity index is 365. The molecule has 0 spiro atoms. The molecule has 2 N–H and O–H groups in total. The van der Waals surface area contributed by atoms with Crippen molar-refractivity contribution in [3.05, 3.63) is 29.8 Å². The Labute approximate surface area is 94.5 Å². The molecule has 1 aromatic rings. The SMILES string of the molecule is CC(C)OC(=O)C(C)(O)c1ccc(O)cc1. The van der Waals surface area contributed by atoms with Crippen LogP contribution in [-0.4, -0.2) is 22.3 Å². The van der Waals surface area contributed by atoms with E-state index < -0.39 is 11.6 Å². The van der Waals surface area contributed by atoms with Crippen LogP contribution in [0.25, 0.3) is 0 Å². The lowest BCUT2D eigenvalue weighted by molar-refractivity contribution is -0.168. The predicted octanol–water partition coefficient (Wildman–Crippen LogP) is 1.55. The summed E-state index contributed by atoms with van der Waals surface area (Å²) in [6.07, 6.45) is -0.281. The monoisotopic (exact) mass is 224 g/mol. The molecule has 4 heteroatoms. The number of carbonyl (C=O) groups excluding carboxylic acids is 1. The molecular weight excluding hydrogens is 208 g/mol. The molecule has 0 aliphatic rings. The number of phenols is 1. The second kappa shape index (κ2) is 4.53. The van der Waals surface area contributed by atoms with E-state index in [1.807, 2.05) is 0 Å². The fourth-order valence-electron chi connectivity index (χ4n) is 1.23. The van der Waals surface area contributed by atoms with E-state index in [9.17, 15) is 9.90 Å². The standard InChI is InChI=1S/C12H16O4/c1-8(2)16-11(14)12(3,15)9-4-6-10(13)7-5-9/h4-8,13,15H,1-3H3. The molecule has 1 atom stereocenters. The third kappa shape index (κ3) is 2.73. The van der Waals surface area contributed by atoms with Gasteiger partial charge >= 0.3 is 5.97 Å². The first-order chi connectivity index (χ1) is 7.34. The molecule has 88 valence electrons. The Hall–Kier alpha value is -1.55. The van der Waals surface area contributed by atoms with Gasteiger partial charge in [0.25, 0.3) is 0 Å². The van der Waals surface area contributed by atoms with Gasteiger partial charge in [0.1, 0.15) is 5.75 Å². The van der Waals surface area contributed by atoms with Crippen LogP contribution in [0.15, 0.2) is 24.3 Å². The van der Waals surface area contributed by atoms with Gasteiger partial charge in [0.2, 0.25) is 0 Å². The summed E-state index contributed by atoms with van der Waals surface area (Å²) >= 11 is 0. The molecular formula is C12H16O4. The van der Waals surface area contributed by atoms with Crippen LogP contribution in [0.1, 0.15) is 26.3 Å². The van der Waals surface area contributed by atoms with E-state index in [-0.39, 0.29) is 11.9 Å². The first-order valence-corrected chi connectivity index (χ1v) is 5.07. The summed E-state index contributed by atoms with van der Waals surface area (Å²) in [4.78, 5) is 11.6. The Morgan fingerprint density at radius 1 is 1.31 bits per heavy atom. The first kappa shape index (κ1) is 12.5. The van der Waals surface area contributed by atoms with Crippen LogP contribution in [0.5, 0.6) is 5.75 Å². The molecule has 0 aromatic heterocycles. The van der Waals surface area contributed by atoms with Gasteiger partial charge in [-0.3, -0.25) is 0 Å². The summed E-state index contributed by atoms with van der Waals surface area (Å²) in [6, 6.07) is 5.78. The molecule has 0 saturated carbocycles. The second-order valence-electron chi connectivity index (χ2n) is 4.07. The Morgan fingerprint density at radius 2 is 1.81 bits per heavy atom. The van der Waals surface area contributed by atoms with E-state index in [0.29, 0.717) is 5.56 Å². The lowest BCUT2D eigenvalue weighted by Crippen LogP contribution is -2.35. The Balaban J connectivity index is 2.92. The highest BCUT2D eigenvalue weighted by molar-refractivity contribution is 5.80. The number of rotatable bonds is 3. The van der Waals surface area contributed by atoms with Gasteiger partial charge in [0.15, 0.2) is 5.60 Å². The Morgan fingerprint density at radius 3 is 2.25 bits per heavy atom. The van der Waals surface area contributed by atoms with Gasteiger partial charge in [-0.25, -0.2) is 4.79 Å². The fraction of sp³-hybridized carbons (Fsp3) is 0.417. The maximum absolute atomic E-state index is 11.6. The van der Waals surface area contributed by atoms with E-state index in [0.717, 1.165) is 0 Å². The zero-order valence-electron chi connectivity index (χ0n) is 9.60. The van der Waals surface area contributed by atoms with E-state index in [2.05, 4.69) is 0 Å². The van der Waals surface area contributed by atoms with Crippen LogP contribution in [0.4, 0.5) is 0 Å². The van der Waals surface area contributed by atoms with Crippen molar-refractivity contribution in [1.82, 2.24) is 0 Å². The van der Waals surface area contributed by atoms with Crippen LogP contribution >= 0.6 is 0 Å². The number of ether oxygens (including phenoxy) is 1. The maximum Gasteiger partial charge on any atom is 0.342 e. The zero-order chi connectivity index (χ0) is 12.3. The summed E-state index contributed by atoms with van der Waals surface area (Å²) < 4.78 is 4.95. The van der Waals surface area contributed by atoms with E-state index in [1.165, 1.54) is 31.2 Å². The number of aromatic hydroxyl groups is 1. The van der Waals surface area contributed by atoms with Crippen LogP contribution in [0, 0.1) is 0 Å². The highest BCUT2D eigenvalue weighted by Crippen LogP contribution is 2.24. The van der Waals surface area contributed by atoms with Crippen molar-refractivity contribution in [3.8, 4) is 5.75 Å². The molecule has 4 nitrogen and oxygen atoms in total. The lowest BCUT2D eigenvalue weighted by atomic mass is 9.96. The number of esters is 1. The quantitative estimate of drug-likeness (QED) is 0.764. The Kier molecular flexibility index (Phi) is 3.55. The molecule has 0 aliphatic heterocycles. The summed E-state index contributed by atoms with van der Waals surface area (Å²) in [7, 11) is 0. The summed E-state index contributed by atoms with van der Waals surface area (Å²) in [6.45, 7) is 4.79. The molecule has 0 saturated heterocycles. The van der Waals surface area contributed by atoms with Crippen LogP contribution in [0.3, 0.4) is 0 Å². The van der Waals surface area contributed by atoms with Crippen molar-refractivity contribution in [2.24, 2.45) is 0 Å². The summed E-state index contributed by atoms with van der Waals surface area (Å²) in [5.41, 5.74) is -1.31. The minimum Gasteiger partial charge on any atom is -0.508 e. The number of hydrogen-bond acceptors (Lipinski definition) is 4. The van der Waals surface area contributed by atoms with Gasteiger partial charge in [-0.05, 0) is 38.5 Å². The molecule has 0 aliphatic carbocycles. The third-order valence-corrected chi connectivity index (χ3v) is 2.17. The summed E-state index contributed by atoms with van der Waals surface area (Å²) in [5, 5.41) is 19.1. The average Bonchev–Trinajstić information content (AvgIpc) is 2.17. The molecule has 16 heavy (non-hydrogen) atoms.